The molecule has 1 atom stereocenters. The van der Waals surface area contributed by atoms with Crippen molar-refractivity contribution in [3.63, 3.8) is 0 Å². The lowest BCUT2D eigenvalue weighted by Gasteiger charge is -2.14. The molecule has 2 aromatic rings. The highest BCUT2D eigenvalue weighted by atomic mass is 79.9. The van der Waals surface area contributed by atoms with Crippen molar-refractivity contribution < 1.29 is 0 Å². The molecule has 1 N–H and O–H groups in total. The quantitative estimate of drug-likeness (QED) is 0.876. The average molecular weight is 298 g/mol. The third kappa shape index (κ3) is 2.59. The molecular formula is C11H12BrN3S. The summed E-state index contributed by atoms with van der Waals surface area (Å²) in [5, 5.41) is 6.48. The molecule has 3 nitrogen and oxygen atoms in total. The molecule has 16 heavy (non-hydrogen) atoms. The fourth-order valence-corrected chi connectivity index (χ4v) is 2.47. The van der Waals surface area contributed by atoms with Gasteiger partial charge in [0, 0.05) is 11.6 Å². The van der Waals surface area contributed by atoms with Crippen molar-refractivity contribution in [2.45, 2.75) is 19.9 Å². The van der Waals surface area contributed by atoms with E-state index in [-0.39, 0.29) is 6.04 Å². The van der Waals surface area contributed by atoms with E-state index < -0.39 is 0 Å². The van der Waals surface area contributed by atoms with Gasteiger partial charge in [-0.1, -0.05) is 0 Å². The first-order chi connectivity index (χ1) is 7.66. The highest BCUT2D eigenvalue weighted by Gasteiger charge is 2.09. The highest BCUT2D eigenvalue weighted by molar-refractivity contribution is 9.10. The van der Waals surface area contributed by atoms with Crippen LogP contribution in [0.4, 0.5) is 5.69 Å². The monoisotopic (exact) mass is 297 g/mol. The number of nitrogens with zero attached hydrogens (tertiary/aromatic N) is 2. The number of nitrogens with one attached hydrogen (secondary N) is 1. The Labute approximate surface area is 107 Å². The molecule has 0 aliphatic rings. The first kappa shape index (κ1) is 11.5. The fraction of sp³-hybridized carbons (Fsp3) is 0.273. The van der Waals surface area contributed by atoms with Gasteiger partial charge in [-0.15, -0.1) is 11.3 Å². The third-order valence-corrected chi connectivity index (χ3v) is 3.65. The molecule has 0 aliphatic carbocycles. The molecular weight excluding hydrogens is 286 g/mol. The predicted molar refractivity (Wildman–Crippen MR) is 70.8 cm³/mol. The second-order valence-electron chi connectivity index (χ2n) is 3.50. The van der Waals surface area contributed by atoms with Gasteiger partial charge in [-0.2, -0.15) is 0 Å². The van der Waals surface area contributed by atoms with Gasteiger partial charge in [0.2, 0.25) is 0 Å². The summed E-state index contributed by atoms with van der Waals surface area (Å²) in [4.78, 5) is 8.63. The molecule has 0 bridgehead atoms. The van der Waals surface area contributed by atoms with Crippen LogP contribution in [-0.4, -0.2) is 9.97 Å². The fourth-order valence-electron chi connectivity index (χ4n) is 1.43. The Hall–Kier alpha value is -0.940. The van der Waals surface area contributed by atoms with E-state index in [4.69, 9.17) is 0 Å². The van der Waals surface area contributed by atoms with Crippen LogP contribution in [0.15, 0.2) is 28.3 Å². The van der Waals surface area contributed by atoms with Crippen LogP contribution in [0.5, 0.6) is 0 Å². The number of pyridine rings is 1. The van der Waals surface area contributed by atoms with E-state index in [1.54, 1.807) is 11.3 Å². The lowest BCUT2D eigenvalue weighted by Crippen LogP contribution is -2.07. The minimum Gasteiger partial charge on any atom is -0.375 e. The zero-order chi connectivity index (χ0) is 11.5. The zero-order valence-electron chi connectivity index (χ0n) is 9.07. The van der Waals surface area contributed by atoms with Crippen molar-refractivity contribution in [3.8, 4) is 0 Å². The summed E-state index contributed by atoms with van der Waals surface area (Å²) in [7, 11) is 0. The number of aromatic nitrogens is 2. The van der Waals surface area contributed by atoms with Gasteiger partial charge >= 0.3 is 0 Å². The standard InChI is InChI=1S/C11H12BrN3S/c1-7-9(3-4-10(12)15-7)14-8(2)11-13-5-6-16-11/h3-6,8,14H,1-2H3. The summed E-state index contributed by atoms with van der Waals surface area (Å²) in [6.45, 7) is 4.09. The number of aryl methyl sites for hydroxylation is 1. The number of rotatable bonds is 3. The van der Waals surface area contributed by atoms with Crippen LogP contribution in [0.2, 0.25) is 0 Å². The van der Waals surface area contributed by atoms with Gasteiger partial charge < -0.3 is 5.32 Å². The summed E-state index contributed by atoms with van der Waals surface area (Å²) in [6, 6.07) is 4.17. The van der Waals surface area contributed by atoms with Gasteiger partial charge in [-0.25, -0.2) is 9.97 Å². The molecule has 2 rings (SSSR count). The van der Waals surface area contributed by atoms with Crippen molar-refractivity contribution >= 4 is 33.0 Å². The lowest BCUT2D eigenvalue weighted by atomic mass is 10.2. The Morgan fingerprint density at radius 2 is 2.25 bits per heavy atom. The van der Waals surface area contributed by atoms with E-state index in [1.165, 1.54) is 0 Å². The summed E-state index contributed by atoms with van der Waals surface area (Å²) in [5.41, 5.74) is 2.03. The highest BCUT2D eigenvalue weighted by Crippen LogP contribution is 2.23. The second-order valence-corrected chi connectivity index (χ2v) is 5.24. The topological polar surface area (TPSA) is 37.8 Å². The van der Waals surface area contributed by atoms with Crippen molar-refractivity contribution in [3.05, 3.63) is 39.0 Å². The van der Waals surface area contributed by atoms with Crippen molar-refractivity contribution in [2.24, 2.45) is 0 Å². The summed E-state index contributed by atoms with van der Waals surface area (Å²) in [5.74, 6) is 0. The normalized spacial score (nSPS) is 12.4. The van der Waals surface area contributed by atoms with Crippen LogP contribution < -0.4 is 5.32 Å². The molecule has 0 spiro atoms. The van der Waals surface area contributed by atoms with E-state index in [0.717, 1.165) is 21.0 Å². The molecule has 0 saturated carbocycles. The van der Waals surface area contributed by atoms with Crippen LogP contribution in [0.3, 0.4) is 0 Å². The molecule has 0 saturated heterocycles. The van der Waals surface area contributed by atoms with Crippen LogP contribution in [-0.2, 0) is 0 Å². The minimum absolute atomic E-state index is 0.210. The van der Waals surface area contributed by atoms with E-state index in [1.807, 2.05) is 30.6 Å². The van der Waals surface area contributed by atoms with Crippen LogP contribution in [0, 0.1) is 6.92 Å². The Morgan fingerprint density at radius 1 is 1.44 bits per heavy atom. The average Bonchev–Trinajstić information content (AvgIpc) is 2.75. The van der Waals surface area contributed by atoms with Crippen LogP contribution >= 0.6 is 27.3 Å². The molecule has 2 heterocycles. The Kier molecular flexibility index (Phi) is 3.56. The van der Waals surface area contributed by atoms with Crippen molar-refractivity contribution in [1.29, 1.82) is 0 Å². The van der Waals surface area contributed by atoms with E-state index in [2.05, 4.69) is 38.1 Å². The van der Waals surface area contributed by atoms with Gasteiger partial charge in [0.15, 0.2) is 0 Å². The molecule has 0 aromatic carbocycles. The smallest absolute Gasteiger partial charge is 0.115 e. The summed E-state index contributed by atoms with van der Waals surface area (Å²) >= 11 is 5.01. The van der Waals surface area contributed by atoms with Gasteiger partial charge in [-0.3, -0.25) is 0 Å². The number of thiazole rings is 1. The predicted octanol–water partition coefficient (Wildman–Crippen LogP) is 3.78. The third-order valence-electron chi connectivity index (χ3n) is 2.25. The minimum atomic E-state index is 0.210. The number of halogens is 1. The first-order valence-electron chi connectivity index (χ1n) is 4.96. The van der Waals surface area contributed by atoms with Crippen molar-refractivity contribution in [1.82, 2.24) is 9.97 Å². The second kappa shape index (κ2) is 4.93. The molecule has 0 amide bonds. The molecule has 0 radical (unpaired) electrons. The lowest BCUT2D eigenvalue weighted by molar-refractivity contribution is 0.864. The number of anilines is 1. The van der Waals surface area contributed by atoms with Crippen molar-refractivity contribution in [2.75, 3.05) is 5.32 Å². The van der Waals surface area contributed by atoms with Gasteiger partial charge in [0.1, 0.15) is 9.61 Å². The largest absolute Gasteiger partial charge is 0.375 e. The van der Waals surface area contributed by atoms with Gasteiger partial charge in [-0.05, 0) is 41.9 Å². The maximum Gasteiger partial charge on any atom is 0.115 e. The maximum absolute atomic E-state index is 4.35. The molecule has 0 fully saturated rings. The summed E-state index contributed by atoms with van der Waals surface area (Å²) < 4.78 is 0.859. The SMILES string of the molecule is Cc1nc(Br)ccc1NC(C)c1nccs1. The Balaban J connectivity index is 2.15. The molecule has 2 aromatic heterocycles. The number of hydrogen-bond acceptors (Lipinski definition) is 4. The van der Waals surface area contributed by atoms with Crippen LogP contribution in [0.25, 0.3) is 0 Å². The van der Waals surface area contributed by atoms with Gasteiger partial charge in [0.25, 0.3) is 0 Å². The molecule has 5 heteroatoms. The maximum atomic E-state index is 4.35. The van der Waals surface area contributed by atoms with E-state index in [9.17, 15) is 0 Å². The molecule has 1 unspecified atom stereocenters. The molecule has 0 aliphatic heterocycles. The zero-order valence-corrected chi connectivity index (χ0v) is 11.5. The number of hydrogen-bond donors (Lipinski definition) is 1. The van der Waals surface area contributed by atoms with E-state index in [0.29, 0.717) is 0 Å². The van der Waals surface area contributed by atoms with E-state index >= 15 is 0 Å². The Morgan fingerprint density at radius 3 is 2.88 bits per heavy atom. The Bertz CT molecular complexity index is 470. The molecule has 84 valence electrons. The summed E-state index contributed by atoms with van der Waals surface area (Å²) in [6.07, 6.45) is 1.82. The van der Waals surface area contributed by atoms with Crippen LogP contribution in [0.1, 0.15) is 23.7 Å². The van der Waals surface area contributed by atoms with Gasteiger partial charge in [0.05, 0.1) is 17.4 Å². The first-order valence-corrected chi connectivity index (χ1v) is 6.63.